The van der Waals surface area contributed by atoms with Crippen LogP contribution in [0.3, 0.4) is 0 Å². The Morgan fingerprint density at radius 2 is 1.97 bits per heavy atom. The molecule has 2 aromatic rings. The van der Waals surface area contributed by atoms with E-state index in [1.54, 1.807) is 38.1 Å². The number of fused-ring (bicyclic) bond motifs is 1. The number of Topliss-reactive ketones (excluding diaryl/α,β-unsaturated/α-hetero) is 1. The molecule has 176 valence electrons. The molecule has 33 heavy (non-hydrogen) atoms. The highest BCUT2D eigenvalue weighted by Gasteiger charge is 2.40. The zero-order valence-electron chi connectivity index (χ0n) is 18.7. The third-order valence-electron chi connectivity index (χ3n) is 5.72. The number of hydrogen-bond acceptors (Lipinski definition) is 7. The lowest BCUT2D eigenvalue weighted by molar-refractivity contribution is -0.120. The highest BCUT2D eigenvalue weighted by molar-refractivity contribution is 6.03. The first kappa shape index (κ1) is 22.8. The number of hydrogen-bond donors (Lipinski definition) is 1. The number of anilines is 1. The van der Waals surface area contributed by atoms with Crippen LogP contribution in [0.2, 0.25) is 0 Å². The zero-order chi connectivity index (χ0) is 23.6. The smallest absolute Gasteiger partial charge is 0.255 e. The monoisotopic (exact) mass is 458 g/mol. The van der Waals surface area contributed by atoms with Crippen LogP contribution < -0.4 is 24.8 Å². The minimum absolute atomic E-state index is 0.0260. The summed E-state index contributed by atoms with van der Waals surface area (Å²) in [5, 5.41) is 0. The van der Waals surface area contributed by atoms with E-state index in [4.69, 9.17) is 24.7 Å². The first-order valence-electron chi connectivity index (χ1n) is 10.8. The Hall–Kier alpha value is -3.33. The molecule has 2 heterocycles. The second-order valence-electron chi connectivity index (χ2n) is 8.48. The molecule has 0 bridgehead atoms. The van der Waals surface area contributed by atoms with Crippen molar-refractivity contribution in [2.45, 2.75) is 25.9 Å². The molecule has 0 aromatic heterocycles. The SMILES string of the molecule is Cc1c(F)cccc1OCC1(C)CC(=O)c2c(OCC(N)=O)cc(N3CCOCC3)cc2O1. The Morgan fingerprint density at radius 1 is 1.21 bits per heavy atom. The van der Waals surface area contributed by atoms with Crippen LogP contribution in [0, 0.1) is 12.7 Å². The second kappa shape index (κ2) is 9.27. The third-order valence-corrected chi connectivity index (χ3v) is 5.72. The number of rotatable bonds is 7. The lowest BCUT2D eigenvalue weighted by Crippen LogP contribution is -2.44. The molecule has 4 rings (SSSR count). The summed E-state index contributed by atoms with van der Waals surface area (Å²) in [5.74, 6) is -0.223. The molecule has 2 N–H and O–H groups in total. The van der Waals surface area contributed by atoms with E-state index in [9.17, 15) is 14.0 Å². The van der Waals surface area contributed by atoms with Crippen molar-refractivity contribution in [3.63, 3.8) is 0 Å². The number of morpholine rings is 1. The number of carbonyl (C=O) groups excluding carboxylic acids is 2. The van der Waals surface area contributed by atoms with Crippen molar-refractivity contribution >= 4 is 17.4 Å². The lowest BCUT2D eigenvalue weighted by Gasteiger charge is -2.36. The molecule has 2 aliphatic rings. The third kappa shape index (κ3) is 5.03. The summed E-state index contributed by atoms with van der Waals surface area (Å²) >= 11 is 0. The molecule has 1 fully saturated rings. The van der Waals surface area contributed by atoms with Crippen LogP contribution in [-0.2, 0) is 9.53 Å². The van der Waals surface area contributed by atoms with E-state index >= 15 is 0 Å². The van der Waals surface area contributed by atoms with Crippen molar-refractivity contribution in [3.8, 4) is 17.2 Å². The van der Waals surface area contributed by atoms with Crippen LogP contribution >= 0.6 is 0 Å². The van der Waals surface area contributed by atoms with Crippen molar-refractivity contribution in [2.24, 2.45) is 5.73 Å². The minimum atomic E-state index is -0.979. The van der Waals surface area contributed by atoms with Gasteiger partial charge in [-0.3, -0.25) is 9.59 Å². The number of nitrogens with zero attached hydrogens (tertiary/aromatic N) is 1. The Bertz CT molecular complexity index is 1070. The quantitative estimate of drug-likeness (QED) is 0.681. The fourth-order valence-electron chi connectivity index (χ4n) is 3.98. The van der Waals surface area contributed by atoms with E-state index in [0.29, 0.717) is 43.4 Å². The number of ether oxygens (including phenoxy) is 4. The average Bonchev–Trinajstić information content (AvgIpc) is 2.78. The maximum Gasteiger partial charge on any atom is 0.255 e. The summed E-state index contributed by atoms with van der Waals surface area (Å²) in [4.78, 5) is 26.5. The molecular formula is C24H27FN2O6. The zero-order valence-corrected chi connectivity index (χ0v) is 18.7. The van der Waals surface area contributed by atoms with Crippen molar-refractivity contribution in [3.05, 3.63) is 47.3 Å². The topological polar surface area (TPSA) is 100 Å². The van der Waals surface area contributed by atoms with Crippen LogP contribution in [0.15, 0.2) is 30.3 Å². The van der Waals surface area contributed by atoms with E-state index in [1.807, 2.05) is 0 Å². The van der Waals surface area contributed by atoms with Gasteiger partial charge in [-0.1, -0.05) is 6.07 Å². The molecule has 0 saturated carbocycles. The summed E-state index contributed by atoms with van der Waals surface area (Å²) in [5.41, 5.74) is 5.71. The molecule has 1 atom stereocenters. The van der Waals surface area contributed by atoms with E-state index in [2.05, 4.69) is 4.90 Å². The second-order valence-corrected chi connectivity index (χ2v) is 8.48. The van der Waals surface area contributed by atoms with E-state index < -0.39 is 11.5 Å². The molecule has 1 amide bonds. The van der Waals surface area contributed by atoms with Gasteiger partial charge in [-0.2, -0.15) is 0 Å². The van der Waals surface area contributed by atoms with Crippen LogP contribution in [0.5, 0.6) is 17.2 Å². The molecule has 2 aromatic carbocycles. The molecule has 8 nitrogen and oxygen atoms in total. The van der Waals surface area contributed by atoms with Gasteiger partial charge in [-0.25, -0.2) is 4.39 Å². The van der Waals surface area contributed by atoms with Gasteiger partial charge in [0.25, 0.3) is 5.91 Å². The van der Waals surface area contributed by atoms with Crippen molar-refractivity contribution < 1.29 is 32.9 Å². The highest BCUT2D eigenvalue weighted by atomic mass is 19.1. The van der Waals surface area contributed by atoms with Crippen LogP contribution in [0.1, 0.15) is 29.3 Å². The number of halogens is 1. The maximum absolute atomic E-state index is 13.9. The molecule has 1 saturated heterocycles. The number of carbonyl (C=O) groups is 2. The Balaban J connectivity index is 1.63. The van der Waals surface area contributed by atoms with Crippen LogP contribution in [-0.4, -0.2) is 56.8 Å². The molecular weight excluding hydrogens is 431 g/mol. The summed E-state index contributed by atoms with van der Waals surface area (Å²) in [7, 11) is 0. The Kier molecular flexibility index (Phi) is 6.42. The van der Waals surface area contributed by atoms with Gasteiger partial charge in [0, 0.05) is 36.5 Å². The van der Waals surface area contributed by atoms with Crippen molar-refractivity contribution in [1.29, 1.82) is 0 Å². The van der Waals surface area contributed by atoms with Gasteiger partial charge in [0.1, 0.15) is 40.8 Å². The minimum Gasteiger partial charge on any atom is -0.489 e. The predicted octanol–water partition coefficient (Wildman–Crippen LogP) is 2.64. The summed E-state index contributed by atoms with van der Waals surface area (Å²) in [6.07, 6.45) is 0.0260. The summed E-state index contributed by atoms with van der Waals surface area (Å²) in [6.45, 7) is 5.58. The first-order valence-corrected chi connectivity index (χ1v) is 10.8. The first-order chi connectivity index (χ1) is 15.8. The molecule has 1 unspecified atom stereocenters. The van der Waals surface area contributed by atoms with Crippen LogP contribution in [0.25, 0.3) is 0 Å². The Labute approximate surface area is 191 Å². The fourth-order valence-corrected chi connectivity index (χ4v) is 3.98. The van der Waals surface area contributed by atoms with Crippen LogP contribution in [0.4, 0.5) is 10.1 Å². The molecule has 2 aliphatic heterocycles. The summed E-state index contributed by atoms with van der Waals surface area (Å²) in [6, 6.07) is 8.12. The van der Waals surface area contributed by atoms with E-state index in [0.717, 1.165) is 5.69 Å². The molecule has 0 aliphatic carbocycles. The average molecular weight is 458 g/mol. The van der Waals surface area contributed by atoms with Crippen molar-refractivity contribution in [2.75, 3.05) is 44.4 Å². The highest BCUT2D eigenvalue weighted by Crippen LogP contribution is 2.42. The fraction of sp³-hybridized carbons (Fsp3) is 0.417. The van der Waals surface area contributed by atoms with Gasteiger partial charge in [0.05, 0.1) is 19.6 Å². The van der Waals surface area contributed by atoms with Gasteiger partial charge >= 0.3 is 0 Å². The predicted molar refractivity (Wildman–Crippen MR) is 119 cm³/mol. The standard InChI is InChI=1S/C24H27FN2O6/c1-15-17(25)4-3-5-19(15)32-14-24(2)12-18(28)23-20(31-13-22(26)29)10-16(11-21(23)33-24)27-6-8-30-9-7-27/h3-5,10-11H,6-9,12-14H2,1-2H3,(H2,26,29). The maximum atomic E-state index is 13.9. The number of ketones is 1. The van der Waals surface area contributed by atoms with Gasteiger partial charge in [-0.05, 0) is 26.0 Å². The van der Waals surface area contributed by atoms with Gasteiger partial charge < -0.3 is 29.6 Å². The molecule has 0 spiro atoms. The Morgan fingerprint density at radius 3 is 2.70 bits per heavy atom. The van der Waals surface area contributed by atoms with E-state index in [1.165, 1.54) is 6.07 Å². The lowest BCUT2D eigenvalue weighted by atomic mass is 9.91. The van der Waals surface area contributed by atoms with Gasteiger partial charge in [0.2, 0.25) is 0 Å². The number of amides is 1. The normalized spacial score (nSPS) is 20.1. The summed E-state index contributed by atoms with van der Waals surface area (Å²) < 4.78 is 37.0. The molecule has 9 heteroatoms. The number of primary amides is 1. The molecule has 0 radical (unpaired) electrons. The van der Waals surface area contributed by atoms with Gasteiger partial charge in [-0.15, -0.1) is 0 Å². The number of nitrogens with two attached hydrogens (primary N) is 1. The van der Waals surface area contributed by atoms with Gasteiger partial charge in [0.15, 0.2) is 12.4 Å². The van der Waals surface area contributed by atoms with E-state index in [-0.39, 0.29) is 42.5 Å². The number of benzene rings is 2. The van der Waals surface area contributed by atoms with Crippen molar-refractivity contribution in [1.82, 2.24) is 0 Å². The largest absolute Gasteiger partial charge is 0.489 e.